The molecule has 3 saturated heterocycles. The van der Waals surface area contributed by atoms with Crippen LogP contribution in [-0.4, -0.2) is 208 Å². The Balaban J connectivity index is 1.15. The van der Waals surface area contributed by atoms with Crippen LogP contribution in [0.15, 0.2) is 11.6 Å². The number of aliphatic hydroxyl groups is 6. The summed E-state index contributed by atoms with van der Waals surface area (Å²) in [4.78, 5) is 46.0. The Labute approximate surface area is 477 Å². The van der Waals surface area contributed by atoms with Gasteiger partial charge in [0.1, 0.15) is 30.0 Å². The molecule has 1 amide bonds. The number of methoxy groups -OCH3 is 2. The number of ether oxygens (including phenoxy) is 7. The molecule has 3 heterocycles. The van der Waals surface area contributed by atoms with Crippen LogP contribution in [0.25, 0.3) is 0 Å². The smallest absolute Gasteiger partial charge is 0.311 e. The Morgan fingerprint density at radius 1 is 0.875 bits per heavy atom. The number of carbonyl (C=O) groups excluding carboxylic acids is 3. The van der Waals surface area contributed by atoms with Gasteiger partial charge in [0, 0.05) is 70.1 Å². The standard InChI is InChI=1S/C61H105N3O16/c1-17-45-60(12,73)50(68)37(6)64(26-18-25-62-55(71)61(75-16)24-22-42-41-20-19-39-28-40(65)21-23-56(39,8)47(41)44(66)30-57(42,61)9)32-33(2)29-58(10,72)52(80-54-48(67)43(63(13)14)27-34(3)76-54)35(4)49(36(5)53(70)78-45)79-46-31-59(11,74-15)51(69)38(7)77-46/h28,33-38,41-52,54,66-69,72-73H,17-27,29-32H2,1-16H3,(H,62,71)/t33-,34-,35+,36-,37-,38?,41?,42?,43-,44+,45-,46-,47?,48-,49+,50-,51-,52-,54+,56+,57+,58-,59+,60-,61+/m1/s1. The lowest BCUT2D eigenvalue weighted by atomic mass is 9.45. The third-order valence-corrected chi connectivity index (χ3v) is 21.7. The number of ketones is 1. The van der Waals surface area contributed by atoms with Crippen LogP contribution < -0.4 is 5.32 Å². The van der Waals surface area contributed by atoms with Gasteiger partial charge in [0.25, 0.3) is 5.91 Å². The monoisotopic (exact) mass is 1140 g/mol. The van der Waals surface area contributed by atoms with Crippen molar-refractivity contribution in [2.24, 2.45) is 46.3 Å². The fourth-order valence-corrected chi connectivity index (χ4v) is 17.0. The highest BCUT2D eigenvalue weighted by atomic mass is 16.7. The second kappa shape index (κ2) is 25.0. The largest absolute Gasteiger partial charge is 0.459 e. The highest BCUT2D eigenvalue weighted by molar-refractivity contribution is 5.91. The molecule has 3 saturated carbocycles. The van der Waals surface area contributed by atoms with Crippen molar-refractivity contribution in [3.63, 3.8) is 0 Å². The molecule has 7 aliphatic rings. The molecule has 7 rings (SSSR count). The van der Waals surface area contributed by atoms with E-state index in [2.05, 4.69) is 19.2 Å². The van der Waals surface area contributed by atoms with E-state index >= 15 is 0 Å². The molecule has 0 aromatic carbocycles. The third kappa shape index (κ3) is 12.3. The highest BCUT2D eigenvalue weighted by Crippen LogP contribution is 2.68. The Morgan fingerprint density at radius 2 is 1.56 bits per heavy atom. The summed E-state index contributed by atoms with van der Waals surface area (Å²) in [5.74, 6) is -2.73. The van der Waals surface area contributed by atoms with Crippen molar-refractivity contribution in [2.45, 2.75) is 262 Å². The molecule has 0 spiro atoms. The van der Waals surface area contributed by atoms with E-state index in [4.69, 9.17) is 33.2 Å². The quantitative estimate of drug-likeness (QED) is 0.0978. The van der Waals surface area contributed by atoms with Gasteiger partial charge in [-0.15, -0.1) is 0 Å². The minimum Gasteiger partial charge on any atom is -0.459 e. The van der Waals surface area contributed by atoms with Crippen molar-refractivity contribution in [2.75, 3.05) is 47.9 Å². The molecule has 0 aromatic heterocycles. The number of allylic oxidation sites excluding steroid dienone is 1. The van der Waals surface area contributed by atoms with Crippen molar-refractivity contribution < 1.29 is 78.2 Å². The lowest BCUT2D eigenvalue weighted by Crippen LogP contribution is -2.64. The number of nitrogens with zero attached hydrogens (tertiary/aromatic N) is 2. The number of fused-ring (bicyclic) bond motifs is 5. The second-order valence-corrected chi connectivity index (χ2v) is 27.5. The molecule has 460 valence electrons. The van der Waals surface area contributed by atoms with Crippen LogP contribution in [0.4, 0.5) is 0 Å². The molecule has 19 nitrogen and oxygen atoms in total. The summed E-state index contributed by atoms with van der Waals surface area (Å²) in [5.41, 5.74) is -5.67. The number of hydrogen-bond acceptors (Lipinski definition) is 18. The first-order valence-electron chi connectivity index (χ1n) is 30.3. The van der Waals surface area contributed by atoms with Crippen molar-refractivity contribution in [1.29, 1.82) is 0 Å². The van der Waals surface area contributed by atoms with Gasteiger partial charge in [-0.05, 0) is 162 Å². The topological polar surface area (TPSA) is 256 Å². The summed E-state index contributed by atoms with van der Waals surface area (Å²) in [6.45, 7) is 22.8. The van der Waals surface area contributed by atoms with E-state index in [1.807, 2.05) is 57.7 Å². The molecule has 4 aliphatic carbocycles. The van der Waals surface area contributed by atoms with Gasteiger partial charge in [0.2, 0.25) is 0 Å². The van der Waals surface area contributed by atoms with Crippen LogP contribution in [0.1, 0.15) is 160 Å². The van der Waals surface area contributed by atoms with Crippen molar-refractivity contribution in [3.05, 3.63) is 11.6 Å². The third-order valence-electron chi connectivity index (χ3n) is 21.7. The van der Waals surface area contributed by atoms with Gasteiger partial charge in [-0.1, -0.05) is 40.2 Å². The van der Waals surface area contributed by atoms with Crippen LogP contribution in [0, 0.1) is 46.3 Å². The summed E-state index contributed by atoms with van der Waals surface area (Å²) in [6, 6.07) is -1.07. The summed E-state index contributed by atoms with van der Waals surface area (Å²) >= 11 is 0. The Morgan fingerprint density at radius 3 is 2.20 bits per heavy atom. The number of cyclic esters (lactones) is 1. The molecule has 3 aliphatic heterocycles. The Bertz CT molecular complexity index is 2180. The molecule has 25 atom stereocenters. The first-order chi connectivity index (χ1) is 37.3. The van der Waals surface area contributed by atoms with E-state index < -0.39 is 113 Å². The lowest BCUT2D eigenvalue weighted by Gasteiger charge is -2.60. The Kier molecular flexibility index (Phi) is 20.4. The lowest BCUT2D eigenvalue weighted by molar-refractivity contribution is -0.318. The fourth-order valence-electron chi connectivity index (χ4n) is 17.0. The molecule has 4 unspecified atom stereocenters. The number of esters is 1. The predicted octanol–water partition coefficient (Wildman–Crippen LogP) is 4.67. The van der Waals surface area contributed by atoms with Crippen LogP contribution in [0.5, 0.6) is 0 Å². The van der Waals surface area contributed by atoms with Gasteiger partial charge in [-0.25, -0.2) is 0 Å². The van der Waals surface area contributed by atoms with E-state index in [-0.39, 0.29) is 78.7 Å². The first kappa shape index (κ1) is 65.3. The number of hydrogen-bond donors (Lipinski definition) is 7. The molecule has 80 heavy (non-hydrogen) atoms. The highest BCUT2D eigenvalue weighted by Gasteiger charge is 2.69. The molecule has 0 aromatic rings. The Hall–Kier alpha value is -2.21. The molecule has 6 fully saturated rings. The molecule has 0 radical (unpaired) electrons. The molecule has 19 heteroatoms. The molecular formula is C61H105N3O16. The van der Waals surface area contributed by atoms with Gasteiger partial charge in [0.15, 0.2) is 24.0 Å². The number of likely N-dealkylation sites (N-methyl/N-ethyl adjacent to an activating group) is 1. The van der Waals surface area contributed by atoms with E-state index in [0.29, 0.717) is 45.2 Å². The zero-order valence-corrected chi connectivity index (χ0v) is 51.3. The normalized spacial score (nSPS) is 49.1. The average Bonchev–Trinajstić information content (AvgIpc) is 3.35. The van der Waals surface area contributed by atoms with Gasteiger partial charge >= 0.3 is 5.97 Å². The maximum Gasteiger partial charge on any atom is 0.311 e. The summed E-state index contributed by atoms with van der Waals surface area (Å²) in [5, 5.41) is 76.2. The van der Waals surface area contributed by atoms with E-state index in [1.54, 1.807) is 41.7 Å². The van der Waals surface area contributed by atoms with Crippen LogP contribution in [-0.2, 0) is 47.5 Å². The minimum absolute atomic E-state index is 0.00300. The summed E-state index contributed by atoms with van der Waals surface area (Å²) in [7, 11) is 6.85. The average molecular weight is 1140 g/mol. The summed E-state index contributed by atoms with van der Waals surface area (Å²) in [6.07, 6.45) is -3.19. The van der Waals surface area contributed by atoms with Crippen molar-refractivity contribution in [3.8, 4) is 0 Å². The maximum atomic E-state index is 14.8. The molecular weight excluding hydrogens is 1030 g/mol. The van der Waals surface area contributed by atoms with E-state index in [1.165, 1.54) is 14.0 Å². The fraction of sp³-hybridized carbons (Fsp3) is 0.918. The molecule has 0 bridgehead atoms. The van der Waals surface area contributed by atoms with Gasteiger partial charge in [-0.2, -0.15) is 0 Å². The number of aliphatic hydroxyl groups excluding tert-OH is 4. The van der Waals surface area contributed by atoms with Gasteiger partial charge in [0.05, 0.1) is 47.6 Å². The molecule has 7 N–H and O–H groups in total. The number of carbonyl (C=O) groups is 3. The second-order valence-electron chi connectivity index (χ2n) is 27.5. The summed E-state index contributed by atoms with van der Waals surface area (Å²) < 4.78 is 44.8. The van der Waals surface area contributed by atoms with Crippen LogP contribution >= 0.6 is 0 Å². The van der Waals surface area contributed by atoms with Gasteiger partial charge < -0.3 is 74.0 Å². The van der Waals surface area contributed by atoms with Crippen molar-refractivity contribution in [1.82, 2.24) is 15.1 Å². The minimum atomic E-state index is -1.96. The zero-order valence-electron chi connectivity index (χ0n) is 51.3. The maximum absolute atomic E-state index is 14.8. The zero-order chi connectivity index (χ0) is 59.4. The SMILES string of the molecule is CC[C@H]1OC(=O)[C@H](C)[C@@H](O[C@@H]2C[C@](C)(OC)[C@H](O)C(C)O2)[C@H](C)[C@@H](O[C@@H]2O[C@H](C)C[C@@H](N(C)C)[C@H]2O)[C@](C)(O)C[C@@H](C)CN(CCCNC(=O)[C@@]2(OC)CCC3C4CCC5=CC(=O)CC[C@]5(C)C4[C@@H](O)C[C@@]32C)[C@H](C)[C@@H](O)[C@]1(C)O. The van der Waals surface area contributed by atoms with E-state index in [0.717, 1.165) is 31.3 Å². The first-order valence-corrected chi connectivity index (χ1v) is 30.3. The van der Waals surface area contributed by atoms with Gasteiger partial charge in [-0.3, -0.25) is 19.3 Å². The number of rotatable bonds is 13. The number of amides is 1. The van der Waals surface area contributed by atoms with Crippen LogP contribution in [0.3, 0.4) is 0 Å². The van der Waals surface area contributed by atoms with Crippen molar-refractivity contribution >= 4 is 17.7 Å². The van der Waals surface area contributed by atoms with E-state index in [9.17, 15) is 45.0 Å². The predicted molar refractivity (Wildman–Crippen MR) is 299 cm³/mol. The number of nitrogens with one attached hydrogen (secondary N) is 1. The van der Waals surface area contributed by atoms with Crippen LogP contribution in [0.2, 0.25) is 0 Å².